The number of carbonyl (C=O) groups excluding carboxylic acids is 1. The Hall–Kier alpha value is -1.67. The molecule has 2 fully saturated rings. The van der Waals surface area contributed by atoms with Crippen LogP contribution in [0, 0.1) is 12.8 Å². The molecule has 28 heavy (non-hydrogen) atoms. The van der Waals surface area contributed by atoms with Crippen LogP contribution in [0.3, 0.4) is 0 Å². The van der Waals surface area contributed by atoms with Gasteiger partial charge in [-0.3, -0.25) is 14.7 Å². The van der Waals surface area contributed by atoms with E-state index >= 15 is 0 Å². The lowest BCUT2D eigenvalue weighted by Crippen LogP contribution is -2.51. The summed E-state index contributed by atoms with van der Waals surface area (Å²) < 4.78 is 0. The van der Waals surface area contributed by atoms with Crippen molar-refractivity contribution in [2.45, 2.75) is 39.2 Å². The molecule has 2 heterocycles. The number of thiazole rings is 1. The molecule has 0 bridgehead atoms. The minimum Gasteiger partial charge on any atom is -0.355 e. The maximum atomic E-state index is 12.5. The van der Waals surface area contributed by atoms with E-state index in [1.54, 1.807) is 11.3 Å². The number of aromatic nitrogens is 1. The molecule has 1 amide bonds. The van der Waals surface area contributed by atoms with Crippen LogP contribution < -0.4 is 5.32 Å². The number of aliphatic imine (C=N–C) groups is 1. The van der Waals surface area contributed by atoms with Crippen molar-refractivity contribution in [1.82, 2.24) is 25.0 Å². The fourth-order valence-corrected chi connectivity index (χ4v) is 4.74. The number of nitrogens with one attached hydrogen (secondary N) is 1. The minimum absolute atomic E-state index is 0.300. The third-order valence-electron chi connectivity index (χ3n) is 5.74. The molecule has 156 valence electrons. The van der Waals surface area contributed by atoms with Crippen LogP contribution in [-0.4, -0.2) is 84.9 Å². The van der Waals surface area contributed by atoms with Crippen molar-refractivity contribution in [3.05, 3.63) is 16.1 Å². The Morgan fingerprint density at radius 3 is 2.64 bits per heavy atom. The van der Waals surface area contributed by atoms with Gasteiger partial charge in [-0.05, 0) is 19.8 Å². The van der Waals surface area contributed by atoms with Crippen molar-refractivity contribution in [2.75, 3.05) is 53.4 Å². The van der Waals surface area contributed by atoms with E-state index in [9.17, 15) is 4.79 Å². The lowest BCUT2D eigenvalue weighted by molar-refractivity contribution is -0.137. The second-order valence-corrected chi connectivity index (χ2v) is 8.90. The topological polar surface area (TPSA) is 64.1 Å². The lowest BCUT2D eigenvalue weighted by Gasteiger charge is -2.36. The van der Waals surface area contributed by atoms with Crippen molar-refractivity contribution in [3.8, 4) is 0 Å². The van der Waals surface area contributed by atoms with Crippen molar-refractivity contribution in [3.63, 3.8) is 0 Å². The van der Waals surface area contributed by atoms with Crippen molar-refractivity contribution in [1.29, 1.82) is 0 Å². The van der Waals surface area contributed by atoms with Crippen molar-refractivity contribution >= 4 is 23.2 Å². The summed E-state index contributed by atoms with van der Waals surface area (Å²) >= 11 is 1.68. The van der Waals surface area contributed by atoms with Gasteiger partial charge in [0, 0.05) is 64.7 Å². The Morgan fingerprint density at radius 1 is 1.32 bits per heavy atom. The minimum atomic E-state index is 0.300. The van der Waals surface area contributed by atoms with Crippen LogP contribution in [0.15, 0.2) is 10.4 Å². The van der Waals surface area contributed by atoms with Gasteiger partial charge in [-0.15, -0.1) is 11.3 Å². The molecular formula is C20H34N6OS. The smallest absolute Gasteiger partial charge is 0.225 e. The highest BCUT2D eigenvalue weighted by Crippen LogP contribution is 2.26. The quantitative estimate of drug-likeness (QED) is 0.576. The molecule has 0 atom stereocenters. The van der Waals surface area contributed by atoms with E-state index in [4.69, 9.17) is 0 Å². The maximum Gasteiger partial charge on any atom is 0.225 e. The molecule has 0 aromatic carbocycles. The van der Waals surface area contributed by atoms with Gasteiger partial charge >= 0.3 is 0 Å². The molecule has 2 aliphatic rings. The van der Waals surface area contributed by atoms with Gasteiger partial charge in [0.15, 0.2) is 5.96 Å². The van der Waals surface area contributed by atoms with E-state index in [1.807, 2.05) is 21.0 Å². The van der Waals surface area contributed by atoms with E-state index < -0.39 is 0 Å². The first-order valence-electron chi connectivity index (χ1n) is 10.4. The number of rotatable bonds is 6. The molecule has 3 rings (SSSR count). The normalized spacial score (nSPS) is 19.2. The van der Waals surface area contributed by atoms with Gasteiger partial charge in [0.05, 0.1) is 17.2 Å². The summed E-state index contributed by atoms with van der Waals surface area (Å²) in [6.45, 7) is 8.27. The molecule has 1 aromatic rings. The summed E-state index contributed by atoms with van der Waals surface area (Å²) in [6, 6.07) is 0. The Bertz CT molecular complexity index is 661. The predicted molar refractivity (Wildman–Crippen MR) is 115 cm³/mol. The molecule has 1 N–H and O–H groups in total. The van der Waals surface area contributed by atoms with Gasteiger partial charge in [-0.1, -0.05) is 12.8 Å². The average Bonchev–Trinajstić information content (AvgIpc) is 3.37. The van der Waals surface area contributed by atoms with Gasteiger partial charge in [-0.25, -0.2) is 4.98 Å². The van der Waals surface area contributed by atoms with Gasteiger partial charge in [0.1, 0.15) is 0 Å². The molecular weight excluding hydrogens is 372 g/mol. The first-order valence-corrected chi connectivity index (χ1v) is 11.3. The number of piperazine rings is 1. The molecule has 0 radical (unpaired) electrons. The molecule has 1 aromatic heterocycles. The fourth-order valence-electron chi connectivity index (χ4n) is 4.13. The maximum absolute atomic E-state index is 12.5. The lowest BCUT2D eigenvalue weighted by atomic mass is 10.1. The van der Waals surface area contributed by atoms with Crippen LogP contribution in [0.1, 0.15) is 36.4 Å². The average molecular weight is 407 g/mol. The van der Waals surface area contributed by atoms with Gasteiger partial charge < -0.3 is 15.1 Å². The van der Waals surface area contributed by atoms with Crippen LogP contribution in [-0.2, 0) is 11.3 Å². The Morgan fingerprint density at radius 2 is 2.04 bits per heavy atom. The molecule has 8 heteroatoms. The SMILES string of the molecule is CN=C(NCCN1CCN(C(=O)C2CCCC2)CC1)N(C)Cc1csc(C)n1. The zero-order valence-electron chi connectivity index (χ0n) is 17.5. The fraction of sp³-hybridized carbons (Fsp3) is 0.750. The van der Waals surface area contributed by atoms with E-state index in [2.05, 4.69) is 35.4 Å². The second kappa shape index (κ2) is 10.2. The largest absolute Gasteiger partial charge is 0.355 e. The summed E-state index contributed by atoms with van der Waals surface area (Å²) in [5.74, 6) is 1.59. The third kappa shape index (κ3) is 5.67. The monoisotopic (exact) mass is 406 g/mol. The number of nitrogens with zero attached hydrogens (tertiary/aromatic N) is 5. The molecule has 0 unspecified atom stereocenters. The molecule has 1 saturated heterocycles. The highest BCUT2D eigenvalue weighted by atomic mass is 32.1. The summed E-state index contributed by atoms with van der Waals surface area (Å²) in [5.41, 5.74) is 1.08. The molecule has 7 nitrogen and oxygen atoms in total. The van der Waals surface area contributed by atoms with Crippen LogP contribution in [0.5, 0.6) is 0 Å². The van der Waals surface area contributed by atoms with Gasteiger partial charge in [-0.2, -0.15) is 0 Å². The summed E-state index contributed by atoms with van der Waals surface area (Å²) in [5, 5.41) is 6.65. The number of amides is 1. The van der Waals surface area contributed by atoms with Gasteiger partial charge in [0.2, 0.25) is 5.91 Å². The van der Waals surface area contributed by atoms with Crippen LogP contribution >= 0.6 is 11.3 Å². The highest BCUT2D eigenvalue weighted by Gasteiger charge is 2.29. The standard InChI is InChI=1S/C20H34N6OS/c1-16-23-18(15-28-16)14-24(3)20(21-2)22-8-9-25-10-12-26(13-11-25)19(27)17-6-4-5-7-17/h15,17H,4-14H2,1-3H3,(H,21,22). The molecule has 0 spiro atoms. The van der Waals surface area contributed by atoms with Crippen molar-refractivity contribution < 1.29 is 4.79 Å². The Balaban J connectivity index is 1.35. The zero-order chi connectivity index (χ0) is 19.9. The number of hydrogen-bond donors (Lipinski definition) is 1. The van der Waals surface area contributed by atoms with E-state index in [0.29, 0.717) is 11.8 Å². The van der Waals surface area contributed by atoms with E-state index in [-0.39, 0.29) is 0 Å². The zero-order valence-corrected chi connectivity index (χ0v) is 18.3. The molecule has 1 aliphatic carbocycles. The van der Waals surface area contributed by atoms with E-state index in [0.717, 1.165) is 75.3 Å². The number of aryl methyl sites for hydroxylation is 1. The van der Waals surface area contributed by atoms with Gasteiger partial charge in [0.25, 0.3) is 0 Å². The van der Waals surface area contributed by atoms with Crippen LogP contribution in [0.25, 0.3) is 0 Å². The Labute approximate surface area is 172 Å². The summed E-state index contributed by atoms with van der Waals surface area (Å²) in [6.07, 6.45) is 4.63. The first-order chi connectivity index (χ1) is 13.6. The molecule has 1 saturated carbocycles. The third-order valence-corrected chi connectivity index (χ3v) is 6.56. The first kappa shape index (κ1) is 21.0. The predicted octanol–water partition coefficient (Wildman–Crippen LogP) is 1.79. The molecule has 1 aliphatic heterocycles. The highest BCUT2D eigenvalue weighted by molar-refractivity contribution is 7.09. The second-order valence-electron chi connectivity index (χ2n) is 7.84. The summed E-state index contributed by atoms with van der Waals surface area (Å²) in [7, 11) is 3.86. The van der Waals surface area contributed by atoms with E-state index in [1.165, 1.54) is 12.8 Å². The van der Waals surface area contributed by atoms with Crippen LogP contribution in [0.2, 0.25) is 0 Å². The van der Waals surface area contributed by atoms with Crippen LogP contribution in [0.4, 0.5) is 0 Å². The number of carbonyl (C=O) groups is 1. The number of guanidine groups is 1. The number of hydrogen-bond acceptors (Lipinski definition) is 5. The summed E-state index contributed by atoms with van der Waals surface area (Å²) in [4.78, 5) is 28.1. The van der Waals surface area contributed by atoms with Crippen molar-refractivity contribution in [2.24, 2.45) is 10.9 Å². The Kier molecular flexibility index (Phi) is 7.67.